The molecule has 0 saturated carbocycles. The van der Waals surface area contributed by atoms with Crippen LogP contribution in [0.1, 0.15) is 31.9 Å². The maximum absolute atomic E-state index is 11.4. The molecular weight excluding hydrogens is 238 g/mol. The predicted molar refractivity (Wildman–Crippen MR) is 68.6 cm³/mol. The Morgan fingerprint density at radius 1 is 1.47 bits per heavy atom. The summed E-state index contributed by atoms with van der Waals surface area (Å²) in [6.45, 7) is 4.19. The molecule has 1 unspecified atom stereocenters. The van der Waals surface area contributed by atoms with Crippen LogP contribution in [-0.2, 0) is 16.4 Å². The normalized spacial score (nSPS) is 13.8. The summed E-state index contributed by atoms with van der Waals surface area (Å²) in [4.78, 5) is 0. The van der Waals surface area contributed by atoms with E-state index in [4.69, 9.17) is 0 Å². The fourth-order valence-corrected chi connectivity index (χ4v) is 2.42. The van der Waals surface area contributed by atoms with Gasteiger partial charge in [-0.3, -0.25) is 4.68 Å². The largest absolute Gasteiger partial charge is 0.313 e. The lowest BCUT2D eigenvalue weighted by Gasteiger charge is -2.10. The van der Waals surface area contributed by atoms with Gasteiger partial charge in [0, 0.05) is 23.6 Å². The minimum Gasteiger partial charge on any atom is -0.313 e. The Hall–Kier alpha value is -0.880. The highest BCUT2D eigenvalue weighted by molar-refractivity contribution is 7.91. The second-order valence-electron chi connectivity index (χ2n) is 4.02. The summed E-state index contributed by atoms with van der Waals surface area (Å²) in [5.41, 5.74) is 1.10. The quantitative estimate of drug-likeness (QED) is 0.793. The average molecular weight is 259 g/mol. The third-order valence-electron chi connectivity index (χ3n) is 2.88. The molecular formula is C11H21N3O2S. The van der Waals surface area contributed by atoms with Crippen LogP contribution >= 0.6 is 0 Å². The lowest BCUT2D eigenvalue weighted by Crippen LogP contribution is -2.16. The van der Waals surface area contributed by atoms with Crippen molar-refractivity contribution in [3.8, 4) is 0 Å². The first kappa shape index (κ1) is 14.2. The Kier molecular flexibility index (Phi) is 5.14. The van der Waals surface area contributed by atoms with Gasteiger partial charge in [0.2, 0.25) is 0 Å². The van der Waals surface area contributed by atoms with E-state index in [1.165, 1.54) is 0 Å². The Morgan fingerprint density at radius 3 is 2.71 bits per heavy atom. The van der Waals surface area contributed by atoms with E-state index in [9.17, 15) is 8.42 Å². The van der Waals surface area contributed by atoms with Crippen LogP contribution < -0.4 is 5.32 Å². The number of nitrogens with zero attached hydrogens (tertiary/aromatic N) is 2. The maximum Gasteiger partial charge on any atom is 0.151 e. The third-order valence-corrected chi connectivity index (χ3v) is 4.57. The van der Waals surface area contributed by atoms with Gasteiger partial charge in [-0.2, -0.15) is 5.10 Å². The number of sulfone groups is 1. The van der Waals surface area contributed by atoms with Gasteiger partial charge in [-0.15, -0.1) is 0 Å². The van der Waals surface area contributed by atoms with Gasteiger partial charge >= 0.3 is 0 Å². The molecule has 1 N–H and O–H groups in total. The van der Waals surface area contributed by atoms with Crippen molar-refractivity contribution in [2.75, 3.05) is 18.6 Å². The van der Waals surface area contributed by atoms with E-state index >= 15 is 0 Å². The van der Waals surface area contributed by atoms with Crippen molar-refractivity contribution in [1.29, 1.82) is 0 Å². The molecule has 0 fully saturated rings. The zero-order chi connectivity index (χ0) is 12.9. The highest BCUT2D eigenvalue weighted by atomic mass is 32.2. The smallest absolute Gasteiger partial charge is 0.151 e. The van der Waals surface area contributed by atoms with Crippen molar-refractivity contribution in [2.24, 2.45) is 0 Å². The molecule has 0 radical (unpaired) electrons. The molecule has 5 nitrogen and oxygen atoms in total. The standard InChI is InChI=1S/C11H21N3O2S/c1-4-11(12-3)10-8-13-14(9-10)6-7-17(15,16)5-2/h8-9,11-12H,4-7H2,1-3H3. The number of rotatable bonds is 7. The van der Waals surface area contributed by atoms with Crippen LogP contribution in [0.15, 0.2) is 12.4 Å². The van der Waals surface area contributed by atoms with E-state index in [0.717, 1.165) is 12.0 Å². The topological polar surface area (TPSA) is 64.0 Å². The van der Waals surface area contributed by atoms with Gasteiger partial charge < -0.3 is 5.32 Å². The molecule has 0 saturated heterocycles. The van der Waals surface area contributed by atoms with Crippen molar-refractivity contribution in [3.05, 3.63) is 18.0 Å². The Morgan fingerprint density at radius 2 is 2.18 bits per heavy atom. The molecule has 1 atom stereocenters. The second-order valence-corrected chi connectivity index (χ2v) is 6.50. The minimum atomic E-state index is -2.92. The molecule has 0 bridgehead atoms. The van der Waals surface area contributed by atoms with Crippen LogP contribution in [0, 0.1) is 0 Å². The van der Waals surface area contributed by atoms with Gasteiger partial charge in [-0.25, -0.2) is 8.42 Å². The molecule has 0 aromatic carbocycles. The van der Waals surface area contributed by atoms with Crippen LogP contribution in [0.2, 0.25) is 0 Å². The van der Waals surface area contributed by atoms with Gasteiger partial charge in [-0.1, -0.05) is 13.8 Å². The lowest BCUT2D eigenvalue weighted by molar-refractivity contribution is 0.571. The summed E-state index contributed by atoms with van der Waals surface area (Å²) in [5, 5.41) is 7.38. The van der Waals surface area contributed by atoms with E-state index in [1.807, 2.05) is 13.2 Å². The third kappa shape index (κ3) is 4.12. The van der Waals surface area contributed by atoms with E-state index in [1.54, 1.807) is 17.8 Å². The predicted octanol–water partition coefficient (Wildman–Crippen LogP) is 0.988. The van der Waals surface area contributed by atoms with E-state index in [2.05, 4.69) is 17.3 Å². The lowest BCUT2D eigenvalue weighted by atomic mass is 10.1. The molecule has 1 aromatic heterocycles. The van der Waals surface area contributed by atoms with Crippen molar-refractivity contribution in [2.45, 2.75) is 32.9 Å². The Bertz CT molecular complexity index is 435. The van der Waals surface area contributed by atoms with Crippen LogP contribution in [0.3, 0.4) is 0 Å². The van der Waals surface area contributed by atoms with E-state index < -0.39 is 9.84 Å². The SMILES string of the molecule is CCC(NC)c1cnn(CCS(=O)(=O)CC)c1. The maximum atomic E-state index is 11.4. The van der Waals surface area contributed by atoms with Gasteiger partial charge in [-0.05, 0) is 13.5 Å². The number of nitrogens with one attached hydrogen (secondary N) is 1. The first-order chi connectivity index (χ1) is 8.02. The Balaban J connectivity index is 2.63. The number of aryl methyl sites for hydroxylation is 1. The molecule has 1 heterocycles. The molecule has 6 heteroatoms. The summed E-state index contributed by atoms with van der Waals surface area (Å²) in [7, 11) is -1.01. The van der Waals surface area contributed by atoms with Crippen LogP contribution in [0.5, 0.6) is 0 Å². The van der Waals surface area contributed by atoms with Gasteiger partial charge in [0.1, 0.15) is 0 Å². The van der Waals surface area contributed by atoms with Crippen molar-refractivity contribution >= 4 is 9.84 Å². The number of hydrogen-bond acceptors (Lipinski definition) is 4. The van der Waals surface area contributed by atoms with Crippen molar-refractivity contribution < 1.29 is 8.42 Å². The highest BCUT2D eigenvalue weighted by Crippen LogP contribution is 2.14. The fourth-order valence-electron chi connectivity index (χ4n) is 1.67. The van der Waals surface area contributed by atoms with Crippen LogP contribution in [-0.4, -0.2) is 36.8 Å². The summed E-state index contributed by atoms with van der Waals surface area (Å²) in [6.07, 6.45) is 4.69. The van der Waals surface area contributed by atoms with Gasteiger partial charge in [0.05, 0.1) is 18.5 Å². The fraction of sp³-hybridized carbons (Fsp3) is 0.727. The first-order valence-electron chi connectivity index (χ1n) is 5.92. The van der Waals surface area contributed by atoms with Crippen molar-refractivity contribution in [1.82, 2.24) is 15.1 Å². The minimum absolute atomic E-state index is 0.154. The number of aromatic nitrogens is 2. The molecule has 1 aromatic rings. The molecule has 98 valence electrons. The molecule has 0 amide bonds. The van der Waals surface area contributed by atoms with Crippen LogP contribution in [0.25, 0.3) is 0 Å². The van der Waals surface area contributed by atoms with Gasteiger partial charge in [0.25, 0.3) is 0 Å². The monoisotopic (exact) mass is 259 g/mol. The molecule has 0 aliphatic rings. The zero-order valence-electron chi connectivity index (χ0n) is 10.7. The van der Waals surface area contributed by atoms with Crippen molar-refractivity contribution in [3.63, 3.8) is 0 Å². The van der Waals surface area contributed by atoms with E-state index in [0.29, 0.717) is 6.54 Å². The second kappa shape index (κ2) is 6.16. The first-order valence-corrected chi connectivity index (χ1v) is 7.74. The molecule has 17 heavy (non-hydrogen) atoms. The summed E-state index contributed by atoms with van der Waals surface area (Å²) in [6, 6.07) is 0.284. The van der Waals surface area contributed by atoms with E-state index in [-0.39, 0.29) is 17.5 Å². The summed E-state index contributed by atoms with van der Waals surface area (Å²) >= 11 is 0. The molecule has 1 rings (SSSR count). The van der Waals surface area contributed by atoms with Crippen LogP contribution in [0.4, 0.5) is 0 Å². The number of hydrogen-bond donors (Lipinski definition) is 1. The summed E-state index contributed by atoms with van der Waals surface area (Å²) in [5.74, 6) is 0.343. The molecule has 0 spiro atoms. The average Bonchev–Trinajstić information content (AvgIpc) is 2.77. The summed E-state index contributed by atoms with van der Waals surface area (Å²) < 4.78 is 24.4. The van der Waals surface area contributed by atoms with Gasteiger partial charge in [0.15, 0.2) is 9.84 Å². The molecule has 0 aliphatic carbocycles. The highest BCUT2D eigenvalue weighted by Gasteiger charge is 2.11. The molecule has 0 aliphatic heterocycles. The zero-order valence-corrected chi connectivity index (χ0v) is 11.5. The Labute approximate surface area is 103 Å².